The van der Waals surface area contributed by atoms with Gasteiger partial charge < -0.3 is 10.1 Å². The first-order chi connectivity index (χ1) is 12.5. The van der Waals surface area contributed by atoms with Crippen molar-refractivity contribution in [1.29, 1.82) is 0 Å². The Morgan fingerprint density at radius 3 is 2.92 bits per heavy atom. The maximum absolute atomic E-state index is 12.3. The first-order valence-electron chi connectivity index (χ1n) is 8.23. The number of rotatable bonds is 5. The number of hydrogen-bond donors (Lipinski definition) is 1. The van der Waals surface area contributed by atoms with Crippen molar-refractivity contribution in [3.63, 3.8) is 0 Å². The van der Waals surface area contributed by atoms with Gasteiger partial charge in [0.25, 0.3) is 5.91 Å². The Bertz CT molecular complexity index is 1010. The predicted octanol–water partition coefficient (Wildman–Crippen LogP) is 3.48. The summed E-state index contributed by atoms with van der Waals surface area (Å²) in [6.45, 7) is 1.62. The van der Waals surface area contributed by atoms with Gasteiger partial charge in [0.1, 0.15) is 9.71 Å². The number of thiophene rings is 1. The van der Waals surface area contributed by atoms with Crippen LogP contribution in [-0.4, -0.2) is 34.3 Å². The third-order valence-electron chi connectivity index (χ3n) is 4.08. The number of benzene rings is 1. The zero-order chi connectivity index (χ0) is 18.3. The Morgan fingerprint density at radius 2 is 2.19 bits per heavy atom. The molecular weight excluding hydrogens is 374 g/mol. The van der Waals surface area contributed by atoms with E-state index in [1.54, 1.807) is 16.8 Å². The second kappa shape index (κ2) is 6.74. The van der Waals surface area contributed by atoms with Crippen molar-refractivity contribution in [2.45, 2.75) is 25.8 Å². The molecule has 0 radical (unpaired) electrons. The maximum Gasteiger partial charge on any atom is 0.348 e. The highest BCUT2D eigenvalue weighted by Gasteiger charge is 2.24. The molecule has 134 valence electrons. The van der Waals surface area contributed by atoms with Gasteiger partial charge >= 0.3 is 5.97 Å². The average Bonchev–Trinajstić information content (AvgIpc) is 3.21. The largest absolute Gasteiger partial charge is 0.451 e. The topological polar surface area (TPSA) is 73.2 Å². The molecule has 3 aromatic rings. The molecule has 1 N–H and O–H groups in total. The Balaban J connectivity index is 1.56. The van der Waals surface area contributed by atoms with Crippen LogP contribution in [0.15, 0.2) is 30.3 Å². The first-order valence-corrected chi connectivity index (χ1v) is 9.42. The molecule has 26 heavy (non-hydrogen) atoms. The summed E-state index contributed by atoms with van der Waals surface area (Å²) in [5, 5.41) is 8.81. The fourth-order valence-electron chi connectivity index (χ4n) is 2.63. The summed E-state index contributed by atoms with van der Waals surface area (Å²) >= 11 is 7.35. The van der Waals surface area contributed by atoms with Crippen LogP contribution in [0.5, 0.6) is 0 Å². The summed E-state index contributed by atoms with van der Waals surface area (Å²) in [5.74, 6) is -0.766. The molecular formula is C18H16ClN3O3S. The summed E-state index contributed by atoms with van der Waals surface area (Å²) < 4.78 is 6.89. The molecule has 0 aliphatic heterocycles. The normalized spacial score (nSPS) is 13.8. The zero-order valence-corrected chi connectivity index (χ0v) is 15.6. The zero-order valence-electron chi connectivity index (χ0n) is 14.0. The number of ether oxygens (including phenoxy) is 1. The van der Waals surface area contributed by atoms with Gasteiger partial charge in [-0.05, 0) is 44.0 Å². The van der Waals surface area contributed by atoms with Crippen molar-refractivity contribution in [3.05, 3.63) is 45.9 Å². The van der Waals surface area contributed by atoms with Crippen LogP contribution in [0.3, 0.4) is 0 Å². The molecule has 0 spiro atoms. The van der Waals surface area contributed by atoms with Gasteiger partial charge in [-0.25, -0.2) is 9.48 Å². The third-order valence-corrected chi connectivity index (χ3v) is 5.40. The summed E-state index contributed by atoms with van der Waals surface area (Å²) in [4.78, 5) is 25.2. The fourth-order valence-corrected chi connectivity index (χ4v) is 3.89. The lowest BCUT2D eigenvalue weighted by Gasteiger charge is -2.04. The van der Waals surface area contributed by atoms with Gasteiger partial charge in [-0.2, -0.15) is 5.10 Å². The summed E-state index contributed by atoms with van der Waals surface area (Å²) in [5.41, 5.74) is 1.63. The smallest absolute Gasteiger partial charge is 0.348 e. The van der Waals surface area contributed by atoms with E-state index in [1.807, 2.05) is 25.1 Å². The van der Waals surface area contributed by atoms with E-state index in [9.17, 15) is 9.59 Å². The standard InChI is InChI=1S/C18H16ClN3O3S/c1-10-14-8-15(18(24)25-9-16(23)20-12-5-6-12)26-17(14)22(21-10)13-4-2-3-11(19)7-13/h2-4,7-8,12H,5-6,9H2,1H3,(H,20,23). The molecule has 1 saturated carbocycles. The molecule has 2 heterocycles. The number of carbonyl (C=O) groups is 2. The van der Waals surface area contributed by atoms with E-state index in [-0.39, 0.29) is 18.6 Å². The van der Waals surface area contributed by atoms with Gasteiger partial charge in [0.05, 0.1) is 11.4 Å². The minimum Gasteiger partial charge on any atom is -0.451 e. The number of carbonyl (C=O) groups excluding carboxylic acids is 2. The van der Waals surface area contributed by atoms with Crippen molar-refractivity contribution in [1.82, 2.24) is 15.1 Å². The summed E-state index contributed by atoms with van der Waals surface area (Å²) in [6.07, 6.45) is 1.99. The molecule has 8 heteroatoms. The van der Waals surface area contributed by atoms with Gasteiger partial charge in [0.15, 0.2) is 6.61 Å². The molecule has 2 aromatic heterocycles. The quantitative estimate of drug-likeness (QED) is 0.678. The van der Waals surface area contributed by atoms with E-state index in [0.717, 1.165) is 34.4 Å². The molecule has 4 rings (SSSR count). The van der Waals surface area contributed by atoms with Crippen molar-refractivity contribution < 1.29 is 14.3 Å². The van der Waals surface area contributed by atoms with Crippen molar-refractivity contribution in [2.24, 2.45) is 0 Å². The van der Waals surface area contributed by atoms with Crippen LogP contribution >= 0.6 is 22.9 Å². The molecule has 1 aromatic carbocycles. The number of fused-ring (bicyclic) bond motifs is 1. The van der Waals surface area contributed by atoms with E-state index in [4.69, 9.17) is 16.3 Å². The number of hydrogen-bond acceptors (Lipinski definition) is 5. The average molecular weight is 390 g/mol. The lowest BCUT2D eigenvalue weighted by atomic mass is 10.3. The third kappa shape index (κ3) is 3.45. The molecule has 1 aliphatic rings. The number of aromatic nitrogens is 2. The minimum atomic E-state index is -0.505. The maximum atomic E-state index is 12.3. The number of esters is 1. The lowest BCUT2D eigenvalue weighted by Crippen LogP contribution is -2.30. The van der Waals surface area contributed by atoms with Crippen LogP contribution in [0.1, 0.15) is 28.2 Å². The monoisotopic (exact) mass is 389 g/mol. The minimum absolute atomic E-state index is 0.247. The number of amides is 1. The second-order valence-electron chi connectivity index (χ2n) is 6.22. The van der Waals surface area contributed by atoms with Gasteiger partial charge in [0.2, 0.25) is 0 Å². The molecule has 1 aliphatic carbocycles. The van der Waals surface area contributed by atoms with Crippen molar-refractivity contribution in [3.8, 4) is 5.69 Å². The molecule has 0 bridgehead atoms. The Morgan fingerprint density at radius 1 is 1.38 bits per heavy atom. The molecule has 6 nitrogen and oxygen atoms in total. The number of aryl methyl sites for hydroxylation is 1. The SMILES string of the molecule is Cc1nn(-c2cccc(Cl)c2)c2sc(C(=O)OCC(=O)NC3CC3)cc12. The highest BCUT2D eigenvalue weighted by Crippen LogP contribution is 2.31. The Labute approximate surface area is 158 Å². The highest BCUT2D eigenvalue weighted by molar-refractivity contribution is 7.20. The first kappa shape index (κ1) is 17.1. The molecule has 0 unspecified atom stereocenters. The molecule has 0 saturated heterocycles. The van der Waals surface area contributed by atoms with Crippen LogP contribution in [-0.2, 0) is 9.53 Å². The second-order valence-corrected chi connectivity index (χ2v) is 7.69. The molecule has 0 atom stereocenters. The van der Waals surface area contributed by atoms with E-state index < -0.39 is 5.97 Å². The van der Waals surface area contributed by atoms with Crippen molar-refractivity contribution >= 4 is 45.0 Å². The van der Waals surface area contributed by atoms with Gasteiger partial charge in [-0.15, -0.1) is 11.3 Å². The van der Waals surface area contributed by atoms with Crippen LogP contribution in [0.25, 0.3) is 15.9 Å². The Hall–Kier alpha value is -2.38. The van der Waals surface area contributed by atoms with Gasteiger partial charge in [-0.1, -0.05) is 17.7 Å². The van der Waals surface area contributed by atoms with E-state index in [2.05, 4.69) is 10.4 Å². The summed E-state index contributed by atoms with van der Waals surface area (Å²) in [6, 6.07) is 9.36. The van der Waals surface area contributed by atoms with E-state index >= 15 is 0 Å². The van der Waals surface area contributed by atoms with E-state index in [0.29, 0.717) is 9.90 Å². The van der Waals surface area contributed by atoms with Crippen LogP contribution in [0.2, 0.25) is 5.02 Å². The fraction of sp³-hybridized carbons (Fsp3) is 0.278. The van der Waals surface area contributed by atoms with Crippen LogP contribution in [0.4, 0.5) is 0 Å². The van der Waals surface area contributed by atoms with Crippen LogP contribution in [0, 0.1) is 6.92 Å². The predicted molar refractivity (Wildman–Crippen MR) is 100 cm³/mol. The molecule has 1 amide bonds. The Kier molecular flexibility index (Phi) is 4.42. The van der Waals surface area contributed by atoms with Gasteiger partial charge in [-0.3, -0.25) is 4.79 Å². The lowest BCUT2D eigenvalue weighted by molar-refractivity contribution is -0.124. The molecule has 1 fully saturated rings. The summed E-state index contributed by atoms with van der Waals surface area (Å²) in [7, 11) is 0. The highest BCUT2D eigenvalue weighted by atomic mass is 35.5. The number of nitrogens with one attached hydrogen (secondary N) is 1. The van der Waals surface area contributed by atoms with Crippen LogP contribution < -0.4 is 5.32 Å². The number of halogens is 1. The van der Waals surface area contributed by atoms with Gasteiger partial charge in [0, 0.05) is 16.5 Å². The van der Waals surface area contributed by atoms with Crippen molar-refractivity contribution in [2.75, 3.05) is 6.61 Å². The van der Waals surface area contributed by atoms with E-state index in [1.165, 1.54) is 11.3 Å². The number of nitrogens with zero attached hydrogens (tertiary/aromatic N) is 2.